The monoisotopic (exact) mass is 401 g/mol. The van der Waals surface area contributed by atoms with Gasteiger partial charge in [0.15, 0.2) is 0 Å². The lowest BCUT2D eigenvalue weighted by molar-refractivity contribution is 0.478. The van der Waals surface area contributed by atoms with E-state index in [1.807, 2.05) is 42.5 Å². The maximum atomic E-state index is 6.32. The first kappa shape index (κ1) is 15.6. The van der Waals surface area contributed by atoms with Crippen molar-refractivity contribution < 1.29 is 4.74 Å². The summed E-state index contributed by atoms with van der Waals surface area (Å²) in [6.07, 6.45) is 0. The summed E-state index contributed by atoms with van der Waals surface area (Å²) in [5.41, 5.74) is 1.16. The zero-order chi connectivity index (χ0) is 14.5. The second kappa shape index (κ2) is 7.29. The predicted molar refractivity (Wildman–Crippen MR) is 92.8 cm³/mol. The van der Waals surface area contributed by atoms with Gasteiger partial charge in [0.25, 0.3) is 0 Å². The minimum Gasteiger partial charge on any atom is -0.455 e. The molecule has 4 heteroatoms. The number of rotatable bonds is 5. The smallest absolute Gasteiger partial charge is 0.146 e. The number of halogens is 2. The van der Waals surface area contributed by atoms with Gasteiger partial charge in [0.2, 0.25) is 0 Å². The minimum atomic E-state index is 0.281. The Balaban J connectivity index is 2.20. The fourth-order valence-corrected chi connectivity index (χ4v) is 2.66. The molecule has 20 heavy (non-hydrogen) atoms. The third-order valence-electron chi connectivity index (χ3n) is 3.02. The van der Waals surface area contributed by atoms with Crippen LogP contribution in [0.4, 0.5) is 0 Å². The number of para-hydroxylation sites is 1. The summed E-state index contributed by atoms with van der Waals surface area (Å²) in [4.78, 5) is 0. The molecule has 0 saturated heterocycles. The number of ether oxygens (including phenoxy) is 1. The number of nitrogens with one attached hydrogen (secondary N) is 1. The van der Waals surface area contributed by atoms with Gasteiger partial charge in [-0.15, -0.1) is 0 Å². The normalized spacial score (nSPS) is 12.2. The van der Waals surface area contributed by atoms with Gasteiger partial charge in [0.1, 0.15) is 11.5 Å². The molecule has 106 valence electrons. The van der Waals surface area contributed by atoms with Crippen LogP contribution in [0.2, 0.25) is 5.02 Å². The quantitative estimate of drug-likeness (QED) is 0.677. The fraction of sp³-hybridized carbons (Fsp3) is 0.250. The van der Waals surface area contributed by atoms with Gasteiger partial charge < -0.3 is 10.1 Å². The summed E-state index contributed by atoms with van der Waals surface area (Å²) in [6, 6.07) is 14.1. The lowest BCUT2D eigenvalue weighted by Crippen LogP contribution is -2.17. The summed E-state index contributed by atoms with van der Waals surface area (Å²) in [5, 5.41) is 4.00. The Morgan fingerprint density at radius 1 is 1.20 bits per heavy atom. The lowest BCUT2D eigenvalue weighted by Gasteiger charge is -2.15. The van der Waals surface area contributed by atoms with Crippen LogP contribution in [0.1, 0.15) is 25.5 Å². The molecule has 0 amide bonds. The molecule has 1 N–H and O–H groups in total. The van der Waals surface area contributed by atoms with E-state index in [0.717, 1.165) is 21.4 Å². The van der Waals surface area contributed by atoms with Crippen LogP contribution in [0.25, 0.3) is 0 Å². The molecule has 2 rings (SSSR count). The third-order valence-corrected chi connectivity index (χ3v) is 4.21. The van der Waals surface area contributed by atoms with Crippen LogP contribution < -0.4 is 10.1 Å². The van der Waals surface area contributed by atoms with Crippen LogP contribution in [0.3, 0.4) is 0 Å². The van der Waals surface area contributed by atoms with E-state index in [-0.39, 0.29) is 6.04 Å². The first-order valence-corrected chi connectivity index (χ1v) is 8.02. The van der Waals surface area contributed by atoms with Crippen LogP contribution in [0.5, 0.6) is 11.5 Å². The van der Waals surface area contributed by atoms with Gasteiger partial charge in [0, 0.05) is 6.04 Å². The molecule has 0 saturated carbocycles. The predicted octanol–water partition coefficient (Wildman–Crippen LogP) is 5.41. The van der Waals surface area contributed by atoms with E-state index in [2.05, 4.69) is 41.8 Å². The molecule has 0 radical (unpaired) electrons. The van der Waals surface area contributed by atoms with Gasteiger partial charge in [-0.05, 0) is 65.9 Å². The molecule has 0 aliphatic rings. The zero-order valence-electron chi connectivity index (χ0n) is 11.5. The maximum absolute atomic E-state index is 6.32. The molecule has 0 aliphatic carbocycles. The summed E-state index contributed by atoms with van der Waals surface area (Å²) in [7, 11) is 0. The summed E-state index contributed by atoms with van der Waals surface area (Å²) in [5.74, 6) is 1.51. The van der Waals surface area contributed by atoms with E-state index in [1.165, 1.54) is 0 Å². The Morgan fingerprint density at radius 2 is 1.95 bits per heavy atom. The largest absolute Gasteiger partial charge is 0.455 e. The molecule has 0 bridgehead atoms. The molecule has 0 aromatic heterocycles. The number of hydrogen-bond acceptors (Lipinski definition) is 2. The van der Waals surface area contributed by atoms with Crippen molar-refractivity contribution in [2.75, 3.05) is 6.54 Å². The summed E-state index contributed by atoms with van der Waals surface area (Å²) >= 11 is 8.57. The van der Waals surface area contributed by atoms with Gasteiger partial charge in [0.05, 0.1) is 8.59 Å². The van der Waals surface area contributed by atoms with Gasteiger partial charge in [-0.2, -0.15) is 0 Å². The highest BCUT2D eigenvalue weighted by atomic mass is 127. The minimum absolute atomic E-state index is 0.281. The van der Waals surface area contributed by atoms with Crippen LogP contribution in [0, 0.1) is 3.57 Å². The fourth-order valence-electron chi connectivity index (χ4n) is 1.94. The van der Waals surface area contributed by atoms with Crippen LogP contribution in [-0.4, -0.2) is 6.54 Å². The Hall–Kier alpha value is -0.780. The van der Waals surface area contributed by atoms with E-state index >= 15 is 0 Å². The molecule has 0 spiro atoms. The van der Waals surface area contributed by atoms with Crippen molar-refractivity contribution in [2.24, 2.45) is 0 Å². The highest BCUT2D eigenvalue weighted by Gasteiger charge is 2.09. The SMILES string of the molecule is CCNC(C)c1ccc(Oc2ccccc2I)c(Cl)c1. The van der Waals surface area contributed by atoms with Gasteiger partial charge in [-0.3, -0.25) is 0 Å². The van der Waals surface area contributed by atoms with Crippen LogP contribution in [-0.2, 0) is 0 Å². The Kier molecular flexibility index (Phi) is 5.69. The van der Waals surface area contributed by atoms with Crippen molar-refractivity contribution in [2.45, 2.75) is 19.9 Å². The van der Waals surface area contributed by atoms with Crippen LogP contribution in [0.15, 0.2) is 42.5 Å². The van der Waals surface area contributed by atoms with Crippen molar-refractivity contribution in [1.29, 1.82) is 0 Å². The molecule has 0 aliphatic heterocycles. The molecular formula is C16H17ClINO. The molecule has 2 aromatic rings. The summed E-state index contributed by atoms with van der Waals surface area (Å²) < 4.78 is 6.94. The molecular weight excluding hydrogens is 385 g/mol. The molecule has 1 unspecified atom stereocenters. The average Bonchev–Trinajstić information content (AvgIpc) is 2.43. The lowest BCUT2D eigenvalue weighted by atomic mass is 10.1. The maximum Gasteiger partial charge on any atom is 0.146 e. The van der Waals surface area contributed by atoms with Crippen molar-refractivity contribution in [3.8, 4) is 11.5 Å². The Bertz CT molecular complexity index is 588. The molecule has 0 fully saturated rings. The Labute approximate surface area is 138 Å². The highest BCUT2D eigenvalue weighted by molar-refractivity contribution is 14.1. The second-order valence-electron chi connectivity index (χ2n) is 4.50. The molecule has 0 heterocycles. The van der Waals surface area contributed by atoms with Crippen molar-refractivity contribution in [3.63, 3.8) is 0 Å². The second-order valence-corrected chi connectivity index (χ2v) is 6.07. The van der Waals surface area contributed by atoms with E-state index in [4.69, 9.17) is 16.3 Å². The average molecular weight is 402 g/mol. The molecule has 2 nitrogen and oxygen atoms in total. The van der Waals surface area contributed by atoms with Gasteiger partial charge >= 0.3 is 0 Å². The summed E-state index contributed by atoms with van der Waals surface area (Å²) in [6.45, 7) is 5.14. The van der Waals surface area contributed by atoms with E-state index in [9.17, 15) is 0 Å². The molecule has 1 atom stereocenters. The zero-order valence-corrected chi connectivity index (χ0v) is 14.4. The highest BCUT2D eigenvalue weighted by Crippen LogP contribution is 2.33. The topological polar surface area (TPSA) is 21.3 Å². The van der Waals surface area contributed by atoms with Gasteiger partial charge in [-0.1, -0.05) is 36.7 Å². The third kappa shape index (κ3) is 3.87. The first-order valence-electron chi connectivity index (χ1n) is 6.57. The molecule has 2 aromatic carbocycles. The first-order chi connectivity index (χ1) is 9.61. The standard InChI is InChI=1S/C16H17ClINO/c1-3-19-11(2)12-8-9-15(13(17)10-12)20-16-7-5-4-6-14(16)18/h4-11,19H,3H2,1-2H3. The van der Waals surface area contributed by atoms with Crippen molar-refractivity contribution >= 4 is 34.2 Å². The van der Waals surface area contributed by atoms with Crippen molar-refractivity contribution in [3.05, 3.63) is 56.6 Å². The Morgan fingerprint density at radius 3 is 2.60 bits per heavy atom. The van der Waals surface area contributed by atoms with E-state index < -0.39 is 0 Å². The van der Waals surface area contributed by atoms with Crippen molar-refractivity contribution in [1.82, 2.24) is 5.32 Å². The van der Waals surface area contributed by atoms with Crippen LogP contribution >= 0.6 is 34.2 Å². The van der Waals surface area contributed by atoms with Gasteiger partial charge in [-0.25, -0.2) is 0 Å². The number of benzene rings is 2. The van der Waals surface area contributed by atoms with E-state index in [1.54, 1.807) is 0 Å². The number of hydrogen-bond donors (Lipinski definition) is 1. The van der Waals surface area contributed by atoms with E-state index in [0.29, 0.717) is 10.8 Å².